The second-order valence-corrected chi connectivity index (χ2v) is 8.54. The Hall–Kier alpha value is -4.08. The SMILES string of the molecule is COC(=O)/C=C/C1=CN(CCOC(C)=O)[C@H]2C[C@@H]1[C@H](C(=O)OC)c1c2n(C(=O)OC)c2ccccc12. The van der Waals surface area contributed by atoms with Crippen LogP contribution >= 0.6 is 0 Å². The van der Waals surface area contributed by atoms with E-state index in [1.807, 2.05) is 29.3 Å². The van der Waals surface area contributed by atoms with Gasteiger partial charge in [-0.1, -0.05) is 24.3 Å². The summed E-state index contributed by atoms with van der Waals surface area (Å²) < 4.78 is 21.8. The van der Waals surface area contributed by atoms with E-state index in [1.54, 1.807) is 12.1 Å². The van der Waals surface area contributed by atoms with Gasteiger partial charge in [-0.25, -0.2) is 14.2 Å². The number of hydrogen-bond acceptors (Lipinski definition) is 9. The number of rotatable bonds is 6. The zero-order chi connectivity index (χ0) is 26.0. The zero-order valence-electron chi connectivity index (χ0n) is 20.6. The third-order valence-electron chi connectivity index (χ3n) is 6.68. The first-order chi connectivity index (χ1) is 17.3. The van der Waals surface area contributed by atoms with Crippen molar-refractivity contribution >= 4 is 34.9 Å². The minimum Gasteiger partial charge on any atom is -0.469 e. The molecule has 1 aliphatic carbocycles. The lowest BCUT2D eigenvalue weighted by Gasteiger charge is -2.45. The quantitative estimate of drug-likeness (QED) is 0.338. The molecule has 4 rings (SSSR count). The molecule has 3 atom stereocenters. The van der Waals surface area contributed by atoms with E-state index in [4.69, 9.17) is 18.9 Å². The van der Waals surface area contributed by atoms with Gasteiger partial charge in [-0.2, -0.15) is 0 Å². The van der Waals surface area contributed by atoms with Crippen molar-refractivity contribution in [2.75, 3.05) is 34.5 Å². The Morgan fingerprint density at radius 1 is 1.06 bits per heavy atom. The molecule has 1 aromatic heterocycles. The standard InChI is InChI=1S/C26H28N2O8/c1-15(29)36-12-11-27-14-16(9-10-21(30)33-2)18-13-20(27)24-22(23(18)25(31)34-3)17-7-5-6-8-19(17)28(24)26(32)35-4/h5-10,14,18,20,23H,11-13H2,1-4H3/b10-9+/t18-,20-,23-/m0/s1. The van der Waals surface area contributed by atoms with Crippen LogP contribution in [0.15, 0.2) is 48.2 Å². The molecule has 10 nitrogen and oxygen atoms in total. The van der Waals surface area contributed by atoms with Crippen LogP contribution in [0.25, 0.3) is 10.9 Å². The molecule has 2 bridgehead atoms. The molecule has 36 heavy (non-hydrogen) atoms. The van der Waals surface area contributed by atoms with Gasteiger partial charge in [0, 0.05) is 30.5 Å². The van der Waals surface area contributed by atoms with E-state index in [0.717, 1.165) is 11.0 Å². The largest absolute Gasteiger partial charge is 0.469 e. The van der Waals surface area contributed by atoms with Crippen LogP contribution in [0, 0.1) is 5.92 Å². The lowest BCUT2D eigenvalue weighted by molar-refractivity contribution is -0.144. The Balaban J connectivity index is 1.95. The van der Waals surface area contributed by atoms with Gasteiger partial charge < -0.3 is 23.8 Å². The smallest absolute Gasteiger partial charge is 0.418 e. The van der Waals surface area contributed by atoms with Crippen LogP contribution in [0.2, 0.25) is 0 Å². The summed E-state index contributed by atoms with van der Waals surface area (Å²) in [5.74, 6) is -2.44. The van der Waals surface area contributed by atoms with E-state index in [-0.39, 0.29) is 18.6 Å². The number of carbonyl (C=O) groups excluding carboxylic acids is 4. The van der Waals surface area contributed by atoms with Crippen molar-refractivity contribution in [3.8, 4) is 0 Å². The average molecular weight is 497 g/mol. The van der Waals surface area contributed by atoms with Crippen molar-refractivity contribution in [3.05, 3.63) is 59.4 Å². The Morgan fingerprint density at radius 2 is 1.81 bits per heavy atom. The molecule has 0 amide bonds. The molecule has 0 unspecified atom stereocenters. The lowest BCUT2D eigenvalue weighted by Crippen LogP contribution is -2.42. The molecule has 0 radical (unpaired) electrons. The van der Waals surface area contributed by atoms with E-state index in [1.165, 1.54) is 38.9 Å². The maximum Gasteiger partial charge on any atom is 0.418 e. The second kappa shape index (κ2) is 10.3. The minimum atomic E-state index is -0.721. The Kier molecular flexibility index (Phi) is 7.14. The van der Waals surface area contributed by atoms with Gasteiger partial charge in [0.2, 0.25) is 0 Å². The molecule has 0 saturated heterocycles. The van der Waals surface area contributed by atoms with Crippen LogP contribution in [-0.4, -0.2) is 67.9 Å². The molecule has 2 aliphatic rings. The molecule has 0 spiro atoms. The Bertz CT molecular complexity index is 1270. The first-order valence-corrected chi connectivity index (χ1v) is 11.5. The van der Waals surface area contributed by atoms with Gasteiger partial charge >= 0.3 is 24.0 Å². The number of aromatic nitrogens is 1. The van der Waals surface area contributed by atoms with Gasteiger partial charge in [0.1, 0.15) is 6.61 Å². The average Bonchev–Trinajstić information content (AvgIpc) is 3.23. The summed E-state index contributed by atoms with van der Waals surface area (Å²) in [7, 11) is 3.92. The first-order valence-electron chi connectivity index (χ1n) is 11.5. The van der Waals surface area contributed by atoms with Gasteiger partial charge in [-0.3, -0.25) is 9.59 Å². The van der Waals surface area contributed by atoms with E-state index < -0.39 is 29.9 Å². The number of fused-ring (bicyclic) bond motifs is 6. The number of esters is 3. The van der Waals surface area contributed by atoms with Gasteiger partial charge in [0.15, 0.2) is 0 Å². The summed E-state index contributed by atoms with van der Waals surface area (Å²) >= 11 is 0. The number of ether oxygens (including phenoxy) is 4. The highest BCUT2D eigenvalue weighted by atomic mass is 16.5. The van der Waals surface area contributed by atoms with Crippen molar-refractivity contribution in [2.45, 2.75) is 25.3 Å². The fourth-order valence-electron chi connectivity index (χ4n) is 5.24. The third kappa shape index (κ3) is 4.34. The monoisotopic (exact) mass is 496 g/mol. The van der Waals surface area contributed by atoms with Crippen molar-refractivity contribution in [1.82, 2.24) is 9.47 Å². The van der Waals surface area contributed by atoms with Crippen molar-refractivity contribution in [3.63, 3.8) is 0 Å². The van der Waals surface area contributed by atoms with Crippen LogP contribution in [0.3, 0.4) is 0 Å². The highest BCUT2D eigenvalue weighted by Gasteiger charge is 2.48. The maximum atomic E-state index is 13.2. The number of benzene rings is 1. The lowest BCUT2D eigenvalue weighted by atomic mass is 9.69. The maximum absolute atomic E-state index is 13.2. The first kappa shape index (κ1) is 25.0. The van der Waals surface area contributed by atoms with Crippen LogP contribution in [-0.2, 0) is 33.3 Å². The zero-order valence-corrected chi connectivity index (χ0v) is 20.6. The summed E-state index contributed by atoms with van der Waals surface area (Å²) in [6.45, 7) is 1.79. The predicted octanol–water partition coefficient (Wildman–Crippen LogP) is 3.07. The number of hydrogen-bond donors (Lipinski definition) is 0. The fraction of sp³-hybridized carbons (Fsp3) is 0.385. The molecule has 0 fully saturated rings. The third-order valence-corrected chi connectivity index (χ3v) is 6.68. The number of carbonyl (C=O) groups is 4. The molecule has 1 aliphatic heterocycles. The topological polar surface area (TPSA) is 113 Å². The molecule has 2 heterocycles. The second-order valence-electron chi connectivity index (χ2n) is 8.54. The number of para-hydroxylation sites is 1. The molecule has 2 aromatic rings. The Labute approximate surface area is 208 Å². The number of methoxy groups -OCH3 is 3. The van der Waals surface area contributed by atoms with Crippen molar-refractivity contribution < 1.29 is 38.1 Å². The van der Waals surface area contributed by atoms with E-state index in [0.29, 0.717) is 29.7 Å². The van der Waals surface area contributed by atoms with Crippen LogP contribution in [0.5, 0.6) is 0 Å². The summed E-state index contributed by atoms with van der Waals surface area (Å²) in [6, 6.07) is 6.99. The highest BCUT2D eigenvalue weighted by Crippen LogP contribution is 2.53. The molecule has 10 heteroatoms. The van der Waals surface area contributed by atoms with Gasteiger partial charge in [0.25, 0.3) is 0 Å². The van der Waals surface area contributed by atoms with Crippen molar-refractivity contribution in [1.29, 1.82) is 0 Å². The van der Waals surface area contributed by atoms with Crippen LogP contribution < -0.4 is 0 Å². The summed E-state index contributed by atoms with van der Waals surface area (Å²) in [6.07, 6.45) is 4.65. The summed E-state index contributed by atoms with van der Waals surface area (Å²) in [5, 5.41) is 0.737. The predicted molar refractivity (Wildman–Crippen MR) is 128 cm³/mol. The molecule has 0 saturated carbocycles. The number of nitrogens with zero attached hydrogens (tertiary/aromatic N) is 2. The van der Waals surface area contributed by atoms with Gasteiger partial charge in [0.05, 0.1) is 51.0 Å². The Morgan fingerprint density at radius 3 is 2.47 bits per heavy atom. The highest BCUT2D eigenvalue weighted by molar-refractivity contribution is 5.98. The number of allylic oxidation sites excluding steroid dienone is 2. The van der Waals surface area contributed by atoms with Crippen LogP contribution in [0.1, 0.15) is 36.6 Å². The molecular weight excluding hydrogens is 468 g/mol. The van der Waals surface area contributed by atoms with Gasteiger partial charge in [-0.15, -0.1) is 0 Å². The molecule has 0 N–H and O–H groups in total. The minimum absolute atomic E-state index is 0.120. The normalized spacial score (nSPS) is 20.5. The van der Waals surface area contributed by atoms with E-state index in [9.17, 15) is 19.2 Å². The molecule has 1 aromatic carbocycles. The fourth-order valence-corrected chi connectivity index (χ4v) is 5.24. The van der Waals surface area contributed by atoms with Crippen molar-refractivity contribution in [2.24, 2.45) is 5.92 Å². The van der Waals surface area contributed by atoms with E-state index >= 15 is 0 Å². The molecule has 190 valence electrons. The summed E-state index contributed by atoms with van der Waals surface area (Å²) in [4.78, 5) is 51.4. The summed E-state index contributed by atoms with van der Waals surface area (Å²) in [5.41, 5.74) is 2.64. The van der Waals surface area contributed by atoms with Gasteiger partial charge in [-0.05, 0) is 23.6 Å². The van der Waals surface area contributed by atoms with E-state index in [2.05, 4.69) is 0 Å². The van der Waals surface area contributed by atoms with Crippen LogP contribution in [0.4, 0.5) is 4.79 Å². The molecular formula is C26H28N2O8.